The van der Waals surface area contributed by atoms with Crippen LogP contribution >= 0.6 is 0 Å². The van der Waals surface area contributed by atoms with E-state index in [0.717, 1.165) is 19.3 Å². The fourth-order valence-corrected chi connectivity index (χ4v) is 4.49. The summed E-state index contributed by atoms with van der Waals surface area (Å²) in [6.07, 6.45) is 10.1. The summed E-state index contributed by atoms with van der Waals surface area (Å²) < 4.78 is -0.500. The largest absolute Gasteiger partial charge is 0.544 e. The third-order valence-electron chi connectivity index (χ3n) is 5.80. The quantitative estimate of drug-likeness (QED) is 0.215. The average molecular weight is 414 g/mol. The molecule has 29 heavy (non-hydrogen) atoms. The zero-order valence-corrected chi connectivity index (χ0v) is 18.4. The standard InChI is InChI=1S/C22H39NO6/c1-5-9-10-11-12-13-14-15-16-23(17(6-2)20(24)25,18(7-3)21(26)27)19(8-4)22(28)29/h12-13,17-19H,5-11,14-16H2,1-4H3,(H2-,24,25,26,27,28,29)/b13-12+. The second-order valence-electron chi connectivity index (χ2n) is 7.60. The molecule has 0 spiro atoms. The molecule has 3 atom stereocenters. The Labute approximate surface area is 175 Å². The minimum absolute atomic E-state index is 0.114. The molecule has 0 rings (SSSR count). The molecule has 7 nitrogen and oxygen atoms in total. The van der Waals surface area contributed by atoms with Crippen molar-refractivity contribution in [3.05, 3.63) is 12.2 Å². The zero-order valence-electron chi connectivity index (χ0n) is 18.4. The van der Waals surface area contributed by atoms with E-state index in [0.29, 0.717) is 12.8 Å². The van der Waals surface area contributed by atoms with Gasteiger partial charge in [0, 0.05) is 25.7 Å². The highest BCUT2D eigenvalue weighted by molar-refractivity contribution is 5.77. The molecule has 0 aliphatic carbocycles. The number of hydrogen-bond donors (Lipinski definition) is 2. The molecule has 0 radical (unpaired) electrons. The summed E-state index contributed by atoms with van der Waals surface area (Å²) in [6, 6.07) is -3.43. The monoisotopic (exact) mass is 413 g/mol. The van der Waals surface area contributed by atoms with Gasteiger partial charge in [-0.2, -0.15) is 0 Å². The predicted octanol–water partition coefficient (Wildman–Crippen LogP) is 2.97. The van der Waals surface area contributed by atoms with E-state index in [9.17, 15) is 29.7 Å². The van der Waals surface area contributed by atoms with E-state index in [-0.39, 0.29) is 25.8 Å². The zero-order chi connectivity index (χ0) is 22.4. The fraction of sp³-hybridized carbons (Fsp3) is 0.773. The highest BCUT2D eigenvalue weighted by Gasteiger charge is 2.53. The topological polar surface area (TPSA) is 115 Å². The molecular formula is C22H39NO6. The lowest BCUT2D eigenvalue weighted by Gasteiger charge is -2.51. The van der Waals surface area contributed by atoms with Gasteiger partial charge in [-0.05, 0) is 19.3 Å². The van der Waals surface area contributed by atoms with E-state index >= 15 is 0 Å². The van der Waals surface area contributed by atoms with Gasteiger partial charge in [-0.1, -0.05) is 52.7 Å². The Morgan fingerprint density at radius 2 is 1.24 bits per heavy atom. The van der Waals surface area contributed by atoms with Crippen LogP contribution in [0.15, 0.2) is 12.2 Å². The first-order valence-electron chi connectivity index (χ1n) is 10.9. The fourth-order valence-electron chi connectivity index (χ4n) is 4.49. The molecule has 2 N–H and O–H groups in total. The van der Waals surface area contributed by atoms with Gasteiger partial charge in [0.1, 0.15) is 6.04 Å². The first-order valence-corrected chi connectivity index (χ1v) is 10.9. The van der Waals surface area contributed by atoms with Crippen molar-refractivity contribution >= 4 is 17.9 Å². The Hall–Kier alpha value is -1.89. The SMILES string of the molecule is CCCCC/C=C/CCC[N+](C(CC)C(=O)[O-])(C(CC)C(=O)O)C(CC)C(=O)O. The first-order chi connectivity index (χ1) is 13.7. The minimum atomic E-state index is -1.39. The van der Waals surface area contributed by atoms with Crippen molar-refractivity contribution in [3.63, 3.8) is 0 Å². The molecule has 0 aliphatic heterocycles. The van der Waals surface area contributed by atoms with E-state index in [1.54, 1.807) is 20.8 Å². The number of carboxylic acids is 3. The van der Waals surface area contributed by atoms with Gasteiger partial charge in [0.15, 0.2) is 12.1 Å². The number of unbranched alkanes of at least 4 members (excludes halogenated alkanes) is 4. The number of hydrogen-bond acceptors (Lipinski definition) is 4. The molecule has 0 fully saturated rings. The highest BCUT2D eigenvalue weighted by Crippen LogP contribution is 2.32. The van der Waals surface area contributed by atoms with E-state index in [2.05, 4.69) is 13.0 Å². The number of rotatable bonds is 17. The van der Waals surface area contributed by atoms with Crippen LogP contribution in [-0.2, 0) is 14.4 Å². The second kappa shape index (κ2) is 14.1. The summed E-state index contributed by atoms with van der Waals surface area (Å²) in [5, 5.41) is 31.7. The molecule has 0 amide bonds. The molecule has 0 aromatic carbocycles. The van der Waals surface area contributed by atoms with Crippen LogP contribution in [0.4, 0.5) is 0 Å². The highest BCUT2D eigenvalue weighted by atomic mass is 16.4. The predicted molar refractivity (Wildman–Crippen MR) is 110 cm³/mol. The summed E-state index contributed by atoms with van der Waals surface area (Å²) in [5.74, 6) is -3.72. The van der Waals surface area contributed by atoms with Crippen molar-refractivity contribution < 1.29 is 34.2 Å². The normalized spacial score (nSPS) is 16.8. The maximum atomic E-state index is 12.1. The van der Waals surface area contributed by atoms with E-state index in [1.165, 1.54) is 6.42 Å². The van der Waals surface area contributed by atoms with Gasteiger partial charge in [0.2, 0.25) is 0 Å². The van der Waals surface area contributed by atoms with Crippen LogP contribution in [0, 0.1) is 0 Å². The van der Waals surface area contributed by atoms with Gasteiger partial charge in [-0.15, -0.1) is 0 Å². The number of quaternary nitrogens is 1. The number of carbonyl (C=O) groups is 3. The van der Waals surface area contributed by atoms with Crippen LogP contribution in [-0.4, -0.2) is 57.3 Å². The Morgan fingerprint density at radius 3 is 1.59 bits per heavy atom. The molecule has 0 aromatic rings. The first kappa shape index (κ1) is 27.1. The molecule has 0 saturated heterocycles. The van der Waals surface area contributed by atoms with Crippen LogP contribution in [0.5, 0.6) is 0 Å². The Morgan fingerprint density at radius 1 is 0.793 bits per heavy atom. The Balaban J connectivity index is 5.88. The van der Waals surface area contributed by atoms with Gasteiger partial charge >= 0.3 is 11.9 Å². The van der Waals surface area contributed by atoms with Crippen LogP contribution in [0.2, 0.25) is 0 Å². The van der Waals surface area contributed by atoms with Crippen molar-refractivity contribution in [2.24, 2.45) is 0 Å². The molecule has 0 aromatic heterocycles. The van der Waals surface area contributed by atoms with Crippen LogP contribution < -0.4 is 5.11 Å². The molecule has 0 aliphatic rings. The summed E-state index contributed by atoms with van der Waals surface area (Å²) in [4.78, 5) is 36.1. The lowest BCUT2D eigenvalue weighted by molar-refractivity contribution is -0.974. The lowest BCUT2D eigenvalue weighted by Crippen LogP contribution is -2.73. The van der Waals surface area contributed by atoms with Crippen molar-refractivity contribution in [3.8, 4) is 0 Å². The number of aliphatic carboxylic acids is 3. The summed E-state index contributed by atoms with van der Waals surface area (Å²) in [6.45, 7) is 7.28. The number of allylic oxidation sites excluding steroid dienone is 2. The van der Waals surface area contributed by atoms with E-state index in [1.807, 2.05) is 6.08 Å². The average Bonchev–Trinajstić information content (AvgIpc) is 2.64. The van der Waals surface area contributed by atoms with E-state index < -0.39 is 40.5 Å². The molecule has 0 heterocycles. The Kier molecular flexibility index (Phi) is 13.2. The number of nitrogens with zero attached hydrogens (tertiary/aromatic N) is 1. The van der Waals surface area contributed by atoms with Gasteiger partial charge in [0.25, 0.3) is 0 Å². The van der Waals surface area contributed by atoms with Crippen molar-refractivity contribution in [2.75, 3.05) is 6.54 Å². The van der Waals surface area contributed by atoms with Crippen molar-refractivity contribution in [1.82, 2.24) is 0 Å². The second-order valence-corrected chi connectivity index (χ2v) is 7.60. The summed E-state index contributed by atoms with van der Waals surface area (Å²) in [7, 11) is 0. The number of carboxylic acid groups (broad SMARTS) is 3. The molecule has 0 saturated carbocycles. The smallest absolute Gasteiger partial charge is 0.362 e. The maximum Gasteiger partial charge on any atom is 0.362 e. The molecule has 168 valence electrons. The van der Waals surface area contributed by atoms with Crippen molar-refractivity contribution in [1.29, 1.82) is 0 Å². The molecule has 7 heteroatoms. The van der Waals surface area contributed by atoms with Gasteiger partial charge in [-0.25, -0.2) is 9.59 Å². The van der Waals surface area contributed by atoms with Crippen LogP contribution in [0.3, 0.4) is 0 Å². The molecule has 0 bridgehead atoms. The third-order valence-corrected chi connectivity index (χ3v) is 5.80. The van der Waals surface area contributed by atoms with Crippen LogP contribution in [0.25, 0.3) is 0 Å². The lowest BCUT2D eigenvalue weighted by atomic mass is 9.94. The summed E-state index contributed by atoms with van der Waals surface area (Å²) >= 11 is 0. The van der Waals surface area contributed by atoms with Gasteiger partial charge in [-0.3, -0.25) is 4.48 Å². The minimum Gasteiger partial charge on any atom is -0.544 e. The van der Waals surface area contributed by atoms with Gasteiger partial charge < -0.3 is 20.1 Å². The van der Waals surface area contributed by atoms with Crippen LogP contribution in [0.1, 0.15) is 85.5 Å². The van der Waals surface area contributed by atoms with E-state index in [4.69, 9.17) is 0 Å². The summed E-state index contributed by atoms with van der Waals surface area (Å²) in [5.41, 5.74) is 0. The Bertz CT molecular complexity index is 490. The third kappa shape index (κ3) is 7.46. The van der Waals surface area contributed by atoms with Gasteiger partial charge in [0.05, 0.1) is 12.5 Å². The maximum absolute atomic E-state index is 12.1. The van der Waals surface area contributed by atoms with Crippen molar-refractivity contribution in [2.45, 2.75) is 104 Å². The number of carbonyl (C=O) groups excluding carboxylic acids is 1. The molecule has 3 unspecified atom stereocenters. The molecular weight excluding hydrogens is 374 g/mol.